The summed E-state index contributed by atoms with van der Waals surface area (Å²) in [7, 11) is 2.34. The van der Waals surface area contributed by atoms with Crippen molar-refractivity contribution in [1.82, 2.24) is 0 Å². The molecule has 0 rings (SSSR count). The molecule has 0 aliphatic rings. The summed E-state index contributed by atoms with van der Waals surface area (Å²) in [4.78, 5) is 35.1. The van der Waals surface area contributed by atoms with Crippen LogP contribution in [0.2, 0.25) is 0 Å². The zero-order valence-corrected chi connectivity index (χ0v) is 12.4. The van der Waals surface area contributed by atoms with Crippen molar-refractivity contribution in [1.29, 1.82) is 0 Å². The van der Waals surface area contributed by atoms with Crippen molar-refractivity contribution in [2.45, 2.75) is 38.7 Å². The summed E-state index contributed by atoms with van der Waals surface area (Å²) in [5, 5.41) is 0. The lowest BCUT2D eigenvalue weighted by molar-refractivity contribution is -0.182. The Morgan fingerprint density at radius 2 is 1.55 bits per heavy atom. The van der Waals surface area contributed by atoms with Gasteiger partial charge in [-0.25, -0.2) is 4.79 Å². The number of esters is 3. The molecule has 7 heteroatoms. The van der Waals surface area contributed by atoms with E-state index in [2.05, 4.69) is 9.47 Å². The van der Waals surface area contributed by atoms with Crippen LogP contribution in [-0.4, -0.2) is 50.9 Å². The van der Waals surface area contributed by atoms with Gasteiger partial charge in [0, 0.05) is 6.61 Å². The molecule has 0 N–H and O–H groups in total. The van der Waals surface area contributed by atoms with Crippen LogP contribution >= 0.6 is 0 Å². The van der Waals surface area contributed by atoms with Crippen molar-refractivity contribution in [3.63, 3.8) is 0 Å². The topological polar surface area (TPSA) is 88.1 Å². The first kappa shape index (κ1) is 18.4. The fourth-order valence-corrected chi connectivity index (χ4v) is 1.64. The highest BCUT2D eigenvalue weighted by Crippen LogP contribution is 2.24. The van der Waals surface area contributed by atoms with Gasteiger partial charge >= 0.3 is 17.9 Å². The number of rotatable bonds is 9. The average Bonchev–Trinajstić information content (AvgIpc) is 2.43. The fourth-order valence-electron chi connectivity index (χ4n) is 1.64. The van der Waals surface area contributed by atoms with Gasteiger partial charge in [0.1, 0.15) is 0 Å². The zero-order chi connectivity index (χ0) is 15.6. The molecule has 0 aliphatic carbocycles. The monoisotopic (exact) mass is 290 g/mol. The molecule has 20 heavy (non-hydrogen) atoms. The van der Waals surface area contributed by atoms with Crippen LogP contribution < -0.4 is 0 Å². The maximum atomic E-state index is 11.9. The third-order valence-electron chi connectivity index (χ3n) is 2.53. The van der Waals surface area contributed by atoms with E-state index in [1.54, 1.807) is 6.92 Å². The van der Waals surface area contributed by atoms with Crippen LogP contribution in [0, 0.1) is 0 Å². The summed E-state index contributed by atoms with van der Waals surface area (Å²) >= 11 is 0. The van der Waals surface area contributed by atoms with Crippen molar-refractivity contribution < 1.29 is 33.3 Å². The Morgan fingerprint density at radius 1 is 0.950 bits per heavy atom. The molecule has 1 atom stereocenters. The molecular formula is C13H22O7. The highest BCUT2D eigenvalue weighted by Gasteiger charge is 2.45. The van der Waals surface area contributed by atoms with E-state index in [1.807, 2.05) is 6.92 Å². The minimum atomic E-state index is -1.71. The molecule has 1 unspecified atom stereocenters. The van der Waals surface area contributed by atoms with Crippen molar-refractivity contribution >= 4 is 17.9 Å². The molecule has 0 radical (unpaired) electrons. The molecule has 0 aromatic rings. The quantitative estimate of drug-likeness (QED) is 0.459. The smallest absolute Gasteiger partial charge is 0.339 e. The van der Waals surface area contributed by atoms with Crippen LogP contribution in [0.15, 0.2) is 0 Å². The standard InChI is InChI=1S/C13H22O7/c1-5-7-19-11(15)9-13(20-6-2,12(16)18-4)8-10(14)17-3/h5-9H2,1-4H3. The Bertz CT molecular complexity index is 340. The lowest BCUT2D eigenvalue weighted by Gasteiger charge is -2.28. The van der Waals surface area contributed by atoms with Gasteiger partial charge in [-0.05, 0) is 13.3 Å². The minimum absolute atomic E-state index is 0.132. The van der Waals surface area contributed by atoms with Crippen molar-refractivity contribution in [2.75, 3.05) is 27.4 Å². The second-order valence-corrected chi connectivity index (χ2v) is 4.07. The number of hydrogen-bond acceptors (Lipinski definition) is 7. The van der Waals surface area contributed by atoms with Crippen LogP contribution in [0.1, 0.15) is 33.1 Å². The molecule has 0 fully saturated rings. The highest BCUT2D eigenvalue weighted by atomic mass is 16.6. The Balaban J connectivity index is 5.11. The summed E-state index contributed by atoms with van der Waals surface area (Å²) in [5.74, 6) is -2.11. The third-order valence-corrected chi connectivity index (χ3v) is 2.53. The maximum Gasteiger partial charge on any atom is 0.339 e. The average molecular weight is 290 g/mol. The summed E-state index contributed by atoms with van der Waals surface area (Å²) in [6, 6.07) is 0. The van der Waals surface area contributed by atoms with Gasteiger partial charge in [-0.15, -0.1) is 0 Å². The first-order valence-corrected chi connectivity index (χ1v) is 6.40. The molecule has 0 heterocycles. The molecule has 0 aliphatic heterocycles. The van der Waals surface area contributed by atoms with E-state index in [0.717, 1.165) is 7.11 Å². The van der Waals surface area contributed by atoms with Gasteiger partial charge in [0.15, 0.2) is 5.60 Å². The Labute approximate surface area is 118 Å². The van der Waals surface area contributed by atoms with Gasteiger partial charge in [0.2, 0.25) is 0 Å². The van der Waals surface area contributed by atoms with Crippen LogP contribution in [-0.2, 0) is 33.3 Å². The molecule has 0 aromatic carbocycles. The van der Waals surface area contributed by atoms with E-state index >= 15 is 0 Å². The number of ether oxygens (including phenoxy) is 4. The predicted molar refractivity (Wildman–Crippen MR) is 68.9 cm³/mol. The van der Waals surface area contributed by atoms with E-state index in [-0.39, 0.29) is 13.2 Å². The molecule has 0 saturated carbocycles. The van der Waals surface area contributed by atoms with E-state index in [4.69, 9.17) is 9.47 Å². The maximum absolute atomic E-state index is 11.9. The Hall–Kier alpha value is -1.63. The molecule has 0 spiro atoms. The van der Waals surface area contributed by atoms with Crippen molar-refractivity contribution in [3.05, 3.63) is 0 Å². The predicted octanol–water partition coefficient (Wildman–Crippen LogP) is 0.841. The van der Waals surface area contributed by atoms with Gasteiger partial charge < -0.3 is 18.9 Å². The third kappa shape index (κ3) is 5.56. The van der Waals surface area contributed by atoms with Gasteiger partial charge in [0.25, 0.3) is 0 Å². The summed E-state index contributed by atoms with van der Waals surface area (Å²) in [6.07, 6.45) is -0.156. The SMILES string of the molecule is CCCOC(=O)CC(CC(=O)OC)(OCC)C(=O)OC. The van der Waals surface area contributed by atoms with E-state index in [0.29, 0.717) is 6.42 Å². The summed E-state index contributed by atoms with van der Waals surface area (Å²) < 4.78 is 19.4. The second-order valence-electron chi connectivity index (χ2n) is 4.07. The number of carbonyl (C=O) groups excluding carboxylic acids is 3. The fraction of sp³-hybridized carbons (Fsp3) is 0.769. The van der Waals surface area contributed by atoms with Crippen LogP contribution in [0.25, 0.3) is 0 Å². The van der Waals surface area contributed by atoms with Crippen molar-refractivity contribution in [2.24, 2.45) is 0 Å². The van der Waals surface area contributed by atoms with Crippen LogP contribution in [0.5, 0.6) is 0 Å². The van der Waals surface area contributed by atoms with Crippen molar-refractivity contribution in [3.8, 4) is 0 Å². The second kappa shape index (κ2) is 9.30. The van der Waals surface area contributed by atoms with Crippen LogP contribution in [0.3, 0.4) is 0 Å². The first-order valence-electron chi connectivity index (χ1n) is 6.40. The van der Waals surface area contributed by atoms with Gasteiger partial charge in [-0.3, -0.25) is 9.59 Å². The van der Waals surface area contributed by atoms with E-state index in [1.165, 1.54) is 7.11 Å². The lowest BCUT2D eigenvalue weighted by atomic mass is 9.95. The Kier molecular flexibility index (Phi) is 8.54. The summed E-state index contributed by atoms with van der Waals surface area (Å²) in [5.41, 5.74) is -1.71. The first-order chi connectivity index (χ1) is 9.45. The highest BCUT2D eigenvalue weighted by molar-refractivity contribution is 5.90. The number of hydrogen-bond donors (Lipinski definition) is 0. The molecule has 0 amide bonds. The zero-order valence-electron chi connectivity index (χ0n) is 12.4. The molecule has 116 valence electrons. The molecular weight excluding hydrogens is 268 g/mol. The van der Waals surface area contributed by atoms with Gasteiger partial charge in [-0.1, -0.05) is 6.92 Å². The largest absolute Gasteiger partial charge is 0.469 e. The molecule has 0 aromatic heterocycles. The normalized spacial score (nSPS) is 13.2. The van der Waals surface area contributed by atoms with Gasteiger partial charge in [0.05, 0.1) is 33.7 Å². The summed E-state index contributed by atoms with van der Waals surface area (Å²) in [6.45, 7) is 3.86. The number of methoxy groups -OCH3 is 2. The number of carbonyl (C=O) groups is 3. The lowest BCUT2D eigenvalue weighted by Crippen LogP contribution is -2.47. The minimum Gasteiger partial charge on any atom is -0.469 e. The van der Waals surface area contributed by atoms with E-state index < -0.39 is 36.4 Å². The molecule has 0 saturated heterocycles. The molecule has 7 nitrogen and oxygen atoms in total. The van der Waals surface area contributed by atoms with Gasteiger partial charge in [-0.2, -0.15) is 0 Å². The Morgan fingerprint density at radius 3 is 2.00 bits per heavy atom. The van der Waals surface area contributed by atoms with E-state index in [9.17, 15) is 14.4 Å². The van der Waals surface area contributed by atoms with Crippen LogP contribution in [0.4, 0.5) is 0 Å². The molecule has 0 bridgehead atoms.